The van der Waals surface area contributed by atoms with E-state index in [0.29, 0.717) is 0 Å². The zero-order valence-corrected chi connectivity index (χ0v) is 9.75. The summed E-state index contributed by atoms with van der Waals surface area (Å²) in [7, 11) is 1.63. The molecule has 0 aromatic heterocycles. The van der Waals surface area contributed by atoms with Crippen LogP contribution in [0.2, 0.25) is 0 Å². The number of aryl methyl sites for hydroxylation is 1. The molecule has 0 fully saturated rings. The monoisotopic (exact) mass is 219 g/mol. The van der Waals surface area contributed by atoms with Gasteiger partial charge in [-0.05, 0) is 49.4 Å². The molecule has 0 saturated heterocycles. The van der Waals surface area contributed by atoms with Crippen molar-refractivity contribution < 1.29 is 9.53 Å². The Morgan fingerprint density at radius 2 is 2.25 bits per heavy atom. The molecule has 1 aliphatic carbocycles. The van der Waals surface area contributed by atoms with E-state index in [2.05, 4.69) is 0 Å². The Kier molecular flexibility index (Phi) is 2.62. The van der Waals surface area contributed by atoms with E-state index >= 15 is 0 Å². The van der Waals surface area contributed by atoms with E-state index < -0.39 is 5.41 Å². The van der Waals surface area contributed by atoms with E-state index in [4.69, 9.17) is 10.5 Å². The van der Waals surface area contributed by atoms with Gasteiger partial charge in [0.25, 0.3) is 0 Å². The van der Waals surface area contributed by atoms with Gasteiger partial charge in [-0.25, -0.2) is 0 Å². The van der Waals surface area contributed by atoms with Crippen molar-refractivity contribution in [3.8, 4) is 5.75 Å². The van der Waals surface area contributed by atoms with Crippen molar-refractivity contribution in [2.24, 2.45) is 5.73 Å². The fourth-order valence-corrected chi connectivity index (χ4v) is 2.44. The number of hydrogen-bond acceptors (Lipinski definition) is 2. The van der Waals surface area contributed by atoms with Gasteiger partial charge in [0.1, 0.15) is 5.75 Å². The molecule has 2 N–H and O–H groups in total. The van der Waals surface area contributed by atoms with Crippen molar-refractivity contribution in [3.63, 3.8) is 0 Å². The van der Waals surface area contributed by atoms with Crippen molar-refractivity contribution in [2.45, 2.75) is 31.6 Å². The summed E-state index contributed by atoms with van der Waals surface area (Å²) < 4.78 is 5.20. The summed E-state index contributed by atoms with van der Waals surface area (Å²) in [5.74, 6) is 0.537. The molecule has 1 aliphatic rings. The number of carbonyl (C=O) groups is 1. The quantitative estimate of drug-likeness (QED) is 0.824. The third-order valence-corrected chi connectivity index (χ3v) is 3.58. The van der Waals surface area contributed by atoms with Crippen LogP contribution in [0.15, 0.2) is 18.2 Å². The molecule has 1 amide bonds. The van der Waals surface area contributed by atoms with Crippen LogP contribution < -0.4 is 10.5 Å². The van der Waals surface area contributed by atoms with E-state index in [0.717, 1.165) is 30.6 Å². The summed E-state index contributed by atoms with van der Waals surface area (Å²) in [6.45, 7) is 1.92. The second kappa shape index (κ2) is 3.81. The van der Waals surface area contributed by atoms with Crippen molar-refractivity contribution in [3.05, 3.63) is 29.3 Å². The predicted octanol–water partition coefficient (Wildman–Crippen LogP) is 1.77. The minimum atomic E-state index is -0.540. The van der Waals surface area contributed by atoms with Crippen LogP contribution in [-0.4, -0.2) is 13.0 Å². The average molecular weight is 219 g/mol. The van der Waals surface area contributed by atoms with Crippen LogP contribution in [0.5, 0.6) is 5.75 Å². The number of amides is 1. The maximum absolute atomic E-state index is 11.6. The summed E-state index contributed by atoms with van der Waals surface area (Å²) in [6.07, 6.45) is 2.85. The minimum absolute atomic E-state index is 0.248. The number of benzene rings is 1. The molecule has 1 atom stereocenters. The van der Waals surface area contributed by atoms with Crippen molar-refractivity contribution >= 4 is 5.91 Å². The number of hydrogen-bond donors (Lipinski definition) is 1. The summed E-state index contributed by atoms with van der Waals surface area (Å²) in [5, 5.41) is 0. The van der Waals surface area contributed by atoms with E-state index in [-0.39, 0.29) is 5.91 Å². The van der Waals surface area contributed by atoms with Crippen LogP contribution in [-0.2, 0) is 16.6 Å². The molecule has 0 saturated carbocycles. The summed E-state index contributed by atoms with van der Waals surface area (Å²) in [5.41, 5.74) is 7.24. The molecule has 0 heterocycles. The van der Waals surface area contributed by atoms with E-state index in [1.807, 2.05) is 25.1 Å². The molecule has 0 bridgehead atoms. The number of nitrogens with two attached hydrogens (primary N) is 1. The molecule has 0 spiro atoms. The van der Waals surface area contributed by atoms with Crippen LogP contribution in [0, 0.1) is 0 Å². The zero-order valence-electron chi connectivity index (χ0n) is 9.75. The second-order valence-electron chi connectivity index (χ2n) is 4.57. The Labute approximate surface area is 95.6 Å². The maximum atomic E-state index is 11.6. The highest BCUT2D eigenvalue weighted by atomic mass is 16.5. The van der Waals surface area contributed by atoms with Crippen molar-refractivity contribution in [1.29, 1.82) is 0 Å². The molecule has 1 aromatic carbocycles. The molecule has 3 nitrogen and oxygen atoms in total. The molecule has 1 aromatic rings. The molecule has 0 radical (unpaired) electrons. The standard InChI is InChI=1S/C13H17NO2/c1-13(12(14)15)7-3-4-9-5-6-10(16-2)8-11(9)13/h5-6,8H,3-4,7H2,1-2H3,(H2,14,15)/t13-/m0/s1. The lowest BCUT2D eigenvalue weighted by Gasteiger charge is -2.33. The highest BCUT2D eigenvalue weighted by Gasteiger charge is 2.37. The van der Waals surface area contributed by atoms with Gasteiger partial charge in [0.2, 0.25) is 5.91 Å². The number of methoxy groups -OCH3 is 1. The lowest BCUT2D eigenvalue weighted by Crippen LogP contribution is -2.41. The third-order valence-electron chi connectivity index (χ3n) is 3.58. The summed E-state index contributed by atoms with van der Waals surface area (Å²) in [4.78, 5) is 11.6. The number of carbonyl (C=O) groups excluding carboxylic acids is 1. The molecule has 0 aliphatic heterocycles. The van der Waals surface area contributed by atoms with E-state index in [1.54, 1.807) is 7.11 Å². The average Bonchev–Trinajstić information content (AvgIpc) is 2.29. The molecule has 3 heteroatoms. The summed E-state index contributed by atoms with van der Waals surface area (Å²) in [6, 6.07) is 5.92. The lowest BCUT2D eigenvalue weighted by molar-refractivity contribution is -0.123. The molecule has 86 valence electrons. The van der Waals surface area contributed by atoms with Gasteiger partial charge in [0.15, 0.2) is 0 Å². The first-order valence-corrected chi connectivity index (χ1v) is 5.55. The highest BCUT2D eigenvalue weighted by molar-refractivity contribution is 5.87. The SMILES string of the molecule is COc1ccc2c(c1)[C@@](C)(C(N)=O)CCC2. The van der Waals surface area contributed by atoms with Crippen LogP contribution in [0.1, 0.15) is 30.9 Å². The van der Waals surface area contributed by atoms with Crippen LogP contribution in [0.4, 0.5) is 0 Å². The number of rotatable bonds is 2. The zero-order chi connectivity index (χ0) is 11.8. The van der Waals surface area contributed by atoms with Gasteiger partial charge in [-0.1, -0.05) is 6.07 Å². The minimum Gasteiger partial charge on any atom is -0.497 e. The third kappa shape index (κ3) is 1.56. The first-order valence-electron chi connectivity index (χ1n) is 5.55. The van der Waals surface area contributed by atoms with Gasteiger partial charge in [-0.15, -0.1) is 0 Å². The van der Waals surface area contributed by atoms with Gasteiger partial charge < -0.3 is 10.5 Å². The Bertz CT molecular complexity index is 428. The van der Waals surface area contributed by atoms with Crippen molar-refractivity contribution in [2.75, 3.05) is 7.11 Å². The lowest BCUT2D eigenvalue weighted by atomic mass is 9.71. The van der Waals surface area contributed by atoms with Gasteiger partial charge in [-0.2, -0.15) is 0 Å². The normalized spacial score (nSPS) is 23.6. The summed E-state index contributed by atoms with van der Waals surface area (Å²) >= 11 is 0. The molecular formula is C13H17NO2. The smallest absolute Gasteiger partial charge is 0.227 e. The number of primary amides is 1. The molecule has 2 rings (SSSR count). The van der Waals surface area contributed by atoms with Gasteiger partial charge in [0.05, 0.1) is 12.5 Å². The first kappa shape index (κ1) is 11.0. The second-order valence-corrected chi connectivity index (χ2v) is 4.57. The van der Waals surface area contributed by atoms with Crippen LogP contribution in [0.25, 0.3) is 0 Å². The maximum Gasteiger partial charge on any atom is 0.227 e. The molecular weight excluding hydrogens is 202 g/mol. The van der Waals surface area contributed by atoms with Crippen molar-refractivity contribution in [1.82, 2.24) is 0 Å². The Hall–Kier alpha value is -1.51. The Morgan fingerprint density at radius 1 is 1.50 bits per heavy atom. The van der Waals surface area contributed by atoms with Gasteiger partial charge >= 0.3 is 0 Å². The Morgan fingerprint density at radius 3 is 2.88 bits per heavy atom. The fourth-order valence-electron chi connectivity index (χ4n) is 2.44. The number of ether oxygens (including phenoxy) is 1. The Balaban J connectivity index is 2.55. The van der Waals surface area contributed by atoms with Gasteiger partial charge in [-0.3, -0.25) is 4.79 Å². The topological polar surface area (TPSA) is 52.3 Å². The van der Waals surface area contributed by atoms with Crippen LogP contribution in [0.3, 0.4) is 0 Å². The molecule has 16 heavy (non-hydrogen) atoms. The fraction of sp³-hybridized carbons (Fsp3) is 0.462. The molecule has 0 unspecified atom stereocenters. The largest absolute Gasteiger partial charge is 0.497 e. The van der Waals surface area contributed by atoms with Crippen LogP contribution >= 0.6 is 0 Å². The van der Waals surface area contributed by atoms with Gasteiger partial charge in [0, 0.05) is 0 Å². The first-order chi connectivity index (χ1) is 7.58. The highest BCUT2D eigenvalue weighted by Crippen LogP contribution is 2.38. The number of fused-ring (bicyclic) bond motifs is 1. The van der Waals surface area contributed by atoms with E-state index in [1.165, 1.54) is 5.56 Å². The predicted molar refractivity (Wildman–Crippen MR) is 62.5 cm³/mol. The van der Waals surface area contributed by atoms with E-state index in [9.17, 15) is 4.79 Å².